The number of carbonyl (C=O) groups excluding carboxylic acids is 1. The molecule has 1 aromatic heterocycles. The zero-order valence-corrected chi connectivity index (χ0v) is 14.3. The molecule has 2 aromatic rings. The lowest BCUT2D eigenvalue weighted by Crippen LogP contribution is -2.40. The van der Waals surface area contributed by atoms with Gasteiger partial charge in [-0.2, -0.15) is 0 Å². The molecule has 0 bridgehead atoms. The van der Waals surface area contributed by atoms with Gasteiger partial charge in [0.2, 0.25) is 5.91 Å². The van der Waals surface area contributed by atoms with Crippen LogP contribution in [0.5, 0.6) is 0 Å². The zero-order valence-electron chi connectivity index (χ0n) is 14.3. The monoisotopic (exact) mass is 331 g/mol. The fourth-order valence-electron chi connectivity index (χ4n) is 3.76. The van der Waals surface area contributed by atoms with Crippen LogP contribution in [0.3, 0.4) is 0 Å². The number of para-hydroxylation sites is 2. The number of aliphatic hydroxyl groups excluding tert-OH is 1. The summed E-state index contributed by atoms with van der Waals surface area (Å²) in [6, 6.07) is 7.65. The second-order valence-corrected chi connectivity index (χ2v) is 6.57. The Hall–Kier alpha value is -2.08. The highest BCUT2D eigenvalue weighted by Crippen LogP contribution is 2.22. The summed E-state index contributed by atoms with van der Waals surface area (Å²) in [5, 5.41) is 9.63. The first-order chi connectivity index (χ1) is 11.5. The van der Waals surface area contributed by atoms with Crippen LogP contribution in [0.15, 0.2) is 29.1 Å². The van der Waals surface area contributed by atoms with Gasteiger partial charge in [0, 0.05) is 19.1 Å². The second kappa shape index (κ2) is 6.81. The van der Waals surface area contributed by atoms with Gasteiger partial charge in [-0.15, -0.1) is 0 Å². The van der Waals surface area contributed by atoms with Crippen LogP contribution in [0.1, 0.15) is 33.1 Å². The Labute approximate surface area is 141 Å². The molecule has 1 amide bonds. The predicted octanol–water partition coefficient (Wildman–Crippen LogP) is 1.58. The molecule has 130 valence electrons. The van der Waals surface area contributed by atoms with Gasteiger partial charge in [-0.1, -0.05) is 12.1 Å². The molecule has 2 unspecified atom stereocenters. The molecule has 3 rings (SSSR count). The van der Waals surface area contributed by atoms with Gasteiger partial charge in [0.15, 0.2) is 0 Å². The molecule has 6 heteroatoms. The van der Waals surface area contributed by atoms with Crippen LogP contribution in [0.2, 0.25) is 0 Å². The van der Waals surface area contributed by atoms with Crippen molar-refractivity contribution in [3.63, 3.8) is 0 Å². The third-order valence-corrected chi connectivity index (χ3v) is 4.85. The molecule has 1 aliphatic rings. The number of rotatable bonds is 5. The minimum absolute atomic E-state index is 0.0424. The van der Waals surface area contributed by atoms with E-state index in [9.17, 15) is 14.7 Å². The van der Waals surface area contributed by atoms with Crippen molar-refractivity contribution in [2.45, 2.75) is 58.3 Å². The Balaban J connectivity index is 1.88. The normalized spacial score (nSPS) is 19.1. The molecular formula is C18H25N3O3. The highest BCUT2D eigenvalue weighted by atomic mass is 16.3. The summed E-state index contributed by atoms with van der Waals surface area (Å²) < 4.78 is 3.26. The van der Waals surface area contributed by atoms with Crippen molar-refractivity contribution in [2.24, 2.45) is 0 Å². The summed E-state index contributed by atoms with van der Waals surface area (Å²) in [5.41, 5.74) is 1.52. The van der Waals surface area contributed by atoms with E-state index in [0.29, 0.717) is 19.5 Å². The fraction of sp³-hybridized carbons (Fsp3) is 0.556. The standard InChI is InChI=1S/C18H25N3O3/c1-3-19-15-8-4-5-9-16(15)21(18(19)24)12-17(23)20-10-6-7-14(20)11-13(2)22/h4-5,8-9,13-14,22H,3,6-7,10-12H2,1-2H3. The average molecular weight is 331 g/mol. The molecule has 1 aliphatic heterocycles. The maximum Gasteiger partial charge on any atom is 0.329 e. The zero-order chi connectivity index (χ0) is 17.3. The van der Waals surface area contributed by atoms with Crippen LogP contribution >= 0.6 is 0 Å². The van der Waals surface area contributed by atoms with E-state index in [1.165, 1.54) is 0 Å². The van der Waals surface area contributed by atoms with E-state index >= 15 is 0 Å². The summed E-state index contributed by atoms with van der Waals surface area (Å²) in [5.74, 6) is -0.0424. The molecular weight excluding hydrogens is 306 g/mol. The number of nitrogens with zero attached hydrogens (tertiary/aromatic N) is 3. The Kier molecular flexibility index (Phi) is 4.76. The van der Waals surface area contributed by atoms with E-state index in [4.69, 9.17) is 0 Å². The summed E-state index contributed by atoms with van der Waals surface area (Å²) in [4.78, 5) is 27.3. The third kappa shape index (κ3) is 2.98. The van der Waals surface area contributed by atoms with Crippen molar-refractivity contribution in [1.82, 2.24) is 14.0 Å². The number of aliphatic hydroxyl groups is 1. The van der Waals surface area contributed by atoms with Crippen molar-refractivity contribution in [3.05, 3.63) is 34.7 Å². The Morgan fingerprint density at radius 2 is 1.96 bits per heavy atom. The molecule has 2 atom stereocenters. The molecule has 2 heterocycles. The van der Waals surface area contributed by atoms with Gasteiger partial charge in [-0.05, 0) is 45.2 Å². The van der Waals surface area contributed by atoms with E-state index in [1.807, 2.05) is 36.1 Å². The van der Waals surface area contributed by atoms with Crippen molar-refractivity contribution in [1.29, 1.82) is 0 Å². The molecule has 1 saturated heterocycles. The highest BCUT2D eigenvalue weighted by Gasteiger charge is 2.30. The number of fused-ring (bicyclic) bond motifs is 1. The van der Waals surface area contributed by atoms with Crippen LogP contribution in [0.25, 0.3) is 11.0 Å². The molecule has 0 aliphatic carbocycles. The molecule has 1 N–H and O–H groups in total. The summed E-state index contributed by atoms with van der Waals surface area (Å²) in [6.45, 7) is 5.02. The Bertz CT molecular complexity index is 790. The van der Waals surface area contributed by atoms with E-state index in [-0.39, 0.29) is 24.2 Å². The van der Waals surface area contributed by atoms with Crippen LogP contribution in [0, 0.1) is 0 Å². The van der Waals surface area contributed by atoms with Gasteiger partial charge < -0.3 is 10.0 Å². The van der Waals surface area contributed by atoms with Crippen molar-refractivity contribution < 1.29 is 9.90 Å². The maximum atomic E-state index is 12.8. The lowest BCUT2D eigenvalue weighted by molar-refractivity contribution is -0.133. The van der Waals surface area contributed by atoms with Crippen molar-refractivity contribution >= 4 is 16.9 Å². The van der Waals surface area contributed by atoms with E-state index < -0.39 is 6.10 Å². The Morgan fingerprint density at radius 1 is 1.29 bits per heavy atom. The van der Waals surface area contributed by atoms with Crippen LogP contribution in [-0.4, -0.2) is 43.7 Å². The SMILES string of the molecule is CCn1c(=O)n(CC(=O)N2CCCC2CC(C)O)c2ccccc21. The minimum atomic E-state index is -0.423. The predicted molar refractivity (Wildman–Crippen MR) is 92.9 cm³/mol. The molecule has 1 aromatic carbocycles. The number of hydrogen-bond acceptors (Lipinski definition) is 3. The lowest BCUT2D eigenvalue weighted by Gasteiger charge is -2.25. The topological polar surface area (TPSA) is 67.5 Å². The number of aryl methyl sites for hydroxylation is 1. The van der Waals surface area contributed by atoms with Gasteiger partial charge in [-0.3, -0.25) is 13.9 Å². The molecule has 0 radical (unpaired) electrons. The summed E-state index contributed by atoms with van der Waals surface area (Å²) in [6.07, 6.45) is 2.04. The summed E-state index contributed by atoms with van der Waals surface area (Å²) >= 11 is 0. The fourth-order valence-corrected chi connectivity index (χ4v) is 3.76. The van der Waals surface area contributed by atoms with Gasteiger partial charge in [-0.25, -0.2) is 4.79 Å². The van der Waals surface area contributed by atoms with Crippen molar-refractivity contribution in [3.8, 4) is 0 Å². The quantitative estimate of drug-likeness (QED) is 0.904. The smallest absolute Gasteiger partial charge is 0.329 e. The number of amides is 1. The number of hydrogen-bond donors (Lipinski definition) is 1. The van der Waals surface area contributed by atoms with Crippen LogP contribution in [-0.2, 0) is 17.9 Å². The maximum absolute atomic E-state index is 12.8. The molecule has 6 nitrogen and oxygen atoms in total. The van der Waals surface area contributed by atoms with E-state index in [2.05, 4.69) is 0 Å². The van der Waals surface area contributed by atoms with Gasteiger partial charge >= 0.3 is 5.69 Å². The van der Waals surface area contributed by atoms with Crippen LogP contribution in [0.4, 0.5) is 0 Å². The van der Waals surface area contributed by atoms with Gasteiger partial charge in [0.25, 0.3) is 0 Å². The molecule has 1 fully saturated rings. The van der Waals surface area contributed by atoms with Gasteiger partial charge in [0.05, 0.1) is 17.1 Å². The Morgan fingerprint density at radius 3 is 2.58 bits per heavy atom. The number of imidazole rings is 1. The first kappa shape index (κ1) is 16.8. The minimum Gasteiger partial charge on any atom is -0.393 e. The van der Waals surface area contributed by atoms with Crippen molar-refractivity contribution in [2.75, 3.05) is 6.54 Å². The lowest BCUT2D eigenvalue weighted by atomic mass is 10.1. The number of aromatic nitrogens is 2. The molecule has 0 saturated carbocycles. The highest BCUT2D eigenvalue weighted by molar-refractivity contribution is 5.81. The van der Waals surface area contributed by atoms with Gasteiger partial charge in [0.1, 0.15) is 6.54 Å². The molecule has 0 spiro atoms. The number of carbonyl (C=O) groups is 1. The number of likely N-dealkylation sites (tertiary alicyclic amines) is 1. The molecule has 24 heavy (non-hydrogen) atoms. The van der Waals surface area contributed by atoms with Crippen LogP contribution < -0.4 is 5.69 Å². The average Bonchev–Trinajstić information content (AvgIpc) is 3.10. The first-order valence-electron chi connectivity index (χ1n) is 8.68. The first-order valence-corrected chi connectivity index (χ1v) is 8.68. The second-order valence-electron chi connectivity index (χ2n) is 6.57. The largest absolute Gasteiger partial charge is 0.393 e. The third-order valence-electron chi connectivity index (χ3n) is 4.85. The number of benzene rings is 1. The van der Waals surface area contributed by atoms with E-state index in [1.54, 1.807) is 16.1 Å². The summed E-state index contributed by atoms with van der Waals surface area (Å²) in [7, 11) is 0. The van der Waals surface area contributed by atoms with E-state index in [0.717, 1.165) is 23.9 Å².